The molecule has 1 aliphatic carbocycles. The van der Waals surface area contributed by atoms with E-state index in [1.807, 2.05) is 66.2 Å². The van der Waals surface area contributed by atoms with Crippen LogP contribution in [0.5, 0.6) is 0 Å². The second kappa shape index (κ2) is 12.0. The van der Waals surface area contributed by atoms with Crippen molar-refractivity contribution in [1.82, 2.24) is 19.7 Å². The van der Waals surface area contributed by atoms with Crippen molar-refractivity contribution in [2.24, 2.45) is 7.05 Å². The smallest absolute Gasteiger partial charge is 0.413 e. The fraction of sp³-hybridized carbons (Fsp3) is 0.414. The molecule has 0 bridgehead atoms. The number of anilines is 2. The number of carbonyl (C=O) groups is 3. The molecule has 228 valence electrons. The number of aryl methyl sites for hydroxylation is 1. The maximum atomic E-state index is 12.8. The molecule has 2 heterocycles. The maximum absolute atomic E-state index is 12.8. The van der Waals surface area contributed by atoms with Gasteiger partial charge in [0.2, 0.25) is 15.9 Å². The fourth-order valence-corrected chi connectivity index (χ4v) is 6.36. The number of aliphatic carboxylic acids is 1. The summed E-state index contributed by atoms with van der Waals surface area (Å²) >= 11 is 0. The van der Waals surface area contributed by atoms with Crippen LogP contribution in [0.2, 0.25) is 0 Å². The van der Waals surface area contributed by atoms with E-state index < -0.39 is 45.3 Å². The molecular weight excluding hydrogens is 576 g/mol. The number of carboxylic acid groups (broad SMARTS) is 1. The van der Waals surface area contributed by atoms with Gasteiger partial charge in [0.15, 0.2) is 11.6 Å². The lowest BCUT2D eigenvalue weighted by molar-refractivity contribution is -0.134. The van der Waals surface area contributed by atoms with Crippen molar-refractivity contribution >= 4 is 39.5 Å². The van der Waals surface area contributed by atoms with Gasteiger partial charge in [-0.15, -0.1) is 5.10 Å². The molecule has 5 rings (SSSR count). The first-order chi connectivity index (χ1) is 20.5. The van der Waals surface area contributed by atoms with Crippen molar-refractivity contribution in [2.45, 2.75) is 50.0 Å². The third-order valence-electron chi connectivity index (χ3n) is 8.04. The van der Waals surface area contributed by atoms with E-state index >= 15 is 0 Å². The van der Waals surface area contributed by atoms with Crippen LogP contribution >= 0.6 is 0 Å². The lowest BCUT2D eigenvalue weighted by Gasteiger charge is -2.33. The van der Waals surface area contributed by atoms with Crippen LogP contribution in [0.4, 0.5) is 16.3 Å². The number of nitrogens with one attached hydrogen (secondary N) is 2. The number of aromatic nitrogens is 3. The Hall–Kier alpha value is -4.46. The molecular formula is C29H34N6O7S. The molecule has 0 unspecified atom stereocenters. The van der Waals surface area contributed by atoms with Gasteiger partial charge in [-0.1, -0.05) is 47.7 Å². The third kappa shape index (κ3) is 6.79. The van der Waals surface area contributed by atoms with Crippen molar-refractivity contribution in [2.75, 3.05) is 29.1 Å². The van der Waals surface area contributed by atoms with Crippen LogP contribution in [-0.2, 0) is 36.8 Å². The van der Waals surface area contributed by atoms with Crippen molar-refractivity contribution < 1.29 is 32.6 Å². The predicted molar refractivity (Wildman–Crippen MR) is 157 cm³/mol. The van der Waals surface area contributed by atoms with E-state index in [4.69, 9.17) is 9.84 Å². The van der Waals surface area contributed by atoms with E-state index in [0.717, 1.165) is 37.2 Å². The van der Waals surface area contributed by atoms with E-state index in [9.17, 15) is 22.8 Å². The zero-order valence-electron chi connectivity index (χ0n) is 23.9. The molecule has 14 heteroatoms. The van der Waals surface area contributed by atoms with Gasteiger partial charge in [-0.3, -0.25) is 19.6 Å². The Morgan fingerprint density at radius 1 is 1.07 bits per heavy atom. The van der Waals surface area contributed by atoms with E-state index in [1.165, 1.54) is 4.68 Å². The molecule has 3 aromatic rings. The van der Waals surface area contributed by atoms with Gasteiger partial charge in [0, 0.05) is 31.7 Å². The number of rotatable bonds is 10. The quantitative estimate of drug-likeness (QED) is 0.310. The average Bonchev–Trinajstić information content (AvgIpc) is 3.71. The van der Waals surface area contributed by atoms with Gasteiger partial charge in [0.05, 0.1) is 5.41 Å². The van der Waals surface area contributed by atoms with E-state index in [2.05, 4.69) is 20.5 Å². The highest BCUT2D eigenvalue weighted by molar-refractivity contribution is 7.90. The Morgan fingerprint density at radius 3 is 2.33 bits per heavy atom. The lowest BCUT2D eigenvalue weighted by atomic mass is 9.92. The number of ether oxygens (including phenoxy) is 1. The minimum Gasteiger partial charge on any atom is -0.480 e. The summed E-state index contributed by atoms with van der Waals surface area (Å²) in [5, 5.41) is 20.1. The summed E-state index contributed by atoms with van der Waals surface area (Å²) in [5.41, 5.74) is 2.29. The molecule has 2 aliphatic rings. The first-order valence-corrected chi connectivity index (χ1v) is 15.7. The van der Waals surface area contributed by atoms with Gasteiger partial charge in [-0.05, 0) is 55.9 Å². The number of carbonyl (C=O) groups excluding carboxylic acids is 2. The molecule has 1 saturated carbocycles. The molecule has 2 amide bonds. The highest BCUT2D eigenvalue weighted by Gasteiger charge is 2.52. The number of benzene rings is 2. The third-order valence-corrected chi connectivity index (χ3v) is 9.16. The first-order valence-electron chi connectivity index (χ1n) is 14.0. The van der Waals surface area contributed by atoms with Gasteiger partial charge >= 0.3 is 12.1 Å². The molecule has 0 spiro atoms. The summed E-state index contributed by atoms with van der Waals surface area (Å²) in [6.07, 6.45) is 1.52. The van der Waals surface area contributed by atoms with Crippen molar-refractivity contribution in [1.29, 1.82) is 0 Å². The van der Waals surface area contributed by atoms with Crippen molar-refractivity contribution in [3.63, 3.8) is 0 Å². The number of nitrogens with zero attached hydrogens (tertiary/aromatic N) is 4. The van der Waals surface area contributed by atoms with Crippen LogP contribution in [0.3, 0.4) is 0 Å². The Bertz CT molecular complexity index is 1600. The SMILES string of the molecule is C[C@@H](OC(=O)Nc1c(C2CCN(c3ccc(C4(C(=O)NS(=O)(=O)CC(=O)O)CC4)cc3)CC2)nnn1C)c1ccccc1. The monoisotopic (exact) mass is 610 g/mol. The number of amides is 2. The molecule has 1 aliphatic heterocycles. The van der Waals surface area contributed by atoms with Crippen LogP contribution in [0.1, 0.15) is 61.4 Å². The van der Waals surface area contributed by atoms with Gasteiger partial charge < -0.3 is 14.7 Å². The number of hydrogen-bond donors (Lipinski definition) is 3. The molecule has 1 atom stereocenters. The summed E-state index contributed by atoms with van der Waals surface area (Å²) in [6.45, 7) is 3.27. The fourth-order valence-electron chi connectivity index (χ4n) is 5.48. The van der Waals surface area contributed by atoms with Crippen molar-refractivity contribution in [3.8, 4) is 0 Å². The van der Waals surface area contributed by atoms with Crippen LogP contribution in [0.25, 0.3) is 0 Å². The van der Waals surface area contributed by atoms with E-state index in [0.29, 0.717) is 29.9 Å². The number of carboxylic acids is 1. The Labute approximate surface area is 249 Å². The number of piperidine rings is 1. The van der Waals surface area contributed by atoms with Gasteiger partial charge in [0.25, 0.3) is 0 Å². The molecule has 1 saturated heterocycles. The van der Waals surface area contributed by atoms with Gasteiger partial charge in [-0.25, -0.2) is 17.9 Å². The van der Waals surface area contributed by atoms with Crippen LogP contribution in [0.15, 0.2) is 54.6 Å². The summed E-state index contributed by atoms with van der Waals surface area (Å²) < 4.78 is 32.9. The molecule has 43 heavy (non-hydrogen) atoms. The highest BCUT2D eigenvalue weighted by Crippen LogP contribution is 2.49. The molecule has 1 aromatic heterocycles. The topological polar surface area (TPSA) is 173 Å². The van der Waals surface area contributed by atoms with Crippen LogP contribution < -0.4 is 14.9 Å². The molecule has 3 N–H and O–H groups in total. The average molecular weight is 611 g/mol. The number of hydrogen-bond acceptors (Lipinski definition) is 9. The summed E-state index contributed by atoms with van der Waals surface area (Å²) in [4.78, 5) is 38.5. The Morgan fingerprint density at radius 2 is 1.72 bits per heavy atom. The lowest BCUT2D eigenvalue weighted by Crippen LogP contribution is -2.41. The maximum Gasteiger partial charge on any atom is 0.413 e. The minimum atomic E-state index is -4.26. The van der Waals surface area contributed by atoms with Crippen molar-refractivity contribution in [3.05, 3.63) is 71.4 Å². The molecule has 13 nitrogen and oxygen atoms in total. The normalized spacial score (nSPS) is 17.1. The number of sulfonamides is 1. The Balaban J connectivity index is 1.18. The summed E-state index contributed by atoms with van der Waals surface area (Å²) in [7, 11) is -2.54. The van der Waals surface area contributed by atoms with E-state index in [1.54, 1.807) is 7.05 Å². The van der Waals surface area contributed by atoms with Crippen LogP contribution in [-0.4, -0.2) is 65.3 Å². The predicted octanol–water partition coefficient (Wildman–Crippen LogP) is 3.07. The first kappa shape index (κ1) is 30.0. The molecule has 0 radical (unpaired) electrons. The zero-order chi connectivity index (χ0) is 30.8. The largest absolute Gasteiger partial charge is 0.480 e. The van der Waals surface area contributed by atoms with Crippen LogP contribution in [0, 0.1) is 0 Å². The van der Waals surface area contributed by atoms with Gasteiger partial charge in [0.1, 0.15) is 11.8 Å². The minimum absolute atomic E-state index is 0.0808. The Kier molecular flexibility index (Phi) is 8.40. The second-order valence-electron chi connectivity index (χ2n) is 11.0. The second-order valence-corrected chi connectivity index (χ2v) is 12.7. The standard InChI is InChI=1S/C29H34N6O7S/c1-19(20-6-4-3-5-7-20)42-28(39)30-26-25(31-33-34(26)2)21-12-16-35(17-13-21)23-10-8-22(9-11-23)29(14-15-29)27(38)32-43(40,41)18-24(36)37/h3-11,19,21H,12-18H2,1-2H3,(H,30,39)(H,32,38)(H,36,37)/t19-/m1/s1. The summed E-state index contributed by atoms with van der Waals surface area (Å²) in [5.74, 6) is -2.80. The summed E-state index contributed by atoms with van der Waals surface area (Å²) in [6, 6.07) is 16.9. The van der Waals surface area contributed by atoms with Gasteiger partial charge in [-0.2, -0.15) is 0 Å². The molecule has 2 fully saturated rings. The van der Waals surface area contributed by atoms with E-state index in [-0.39, 0.29) is 5.92 Å². The highest BCUT2D eigenvalue weighted by atomic mass is 32.2. The molecule has 2 aromatic carbocycles. The zero-order valence-corrected chi connectivity index (χ0v) is 24.7.